The Kier molecular flexibility index (Phi) is 5.33. The van der Waals surface area contributed by atoms with Crippen LogP contribution >= 0.6 is 22.7 Å². The van der Waals surface area contributed by atoms with Gasteiger partial charge >= 0.3 is 5.00 Å². The van der Waals surface area contributed by atoms with Crippen LogP contribution in [0.3, 0.4) is 0 Å². The monoisotopic (exact) mass is 338 g/mol. The molecule has 0 aliphatic rings. The Bertz CT molecular complexity index is 709. The summed E-state index contributed by atoms with van der Waals surface area (Å²) in [6.45, 7) is -0.210. The van der Waals surface area contributed by atoms with Gasteiger partial charge < -0.3 is 5.32 Å². The molecule has 10 heteroatoms. The summed E-state index contributed by atoms with van der Waals surface area (Å²) in [5.74, 6) is -0.824. The lowest BCUT2D eigenvalue weighted by Crippen LogP contribution is -2.34. The third kappa shape index (κ3) is 4.46. The van der Waals surface area contributed by atoms with Crippen molar-refractivity contribution < 1.29 is 14.5 Å². The average molecular weight is 338 g/mol. The summed E-state index contributed by atoms with van der Waals surface area (Å²) in [6, 6.07) is 6.27. The smallest absolute Gasteiger partial charge is 0.324 e. The largest absolute Gasteiger partial charge is 0.342 e. The first-order chi connectivity index (χ1) is 10.6. The molecule has 0 atom stereocenters. The van der Waals surface area contributed by atoms with Crippen LogP contribution < -0.4 is 10.7 Å². The molecule has 2 N–H and O–H groups in total. The molecule has 8 nitrogen and oxygen atoms in total. The van der Waals surface area contributed by atoms with E-state index in [0.29, 0.717) is 9.75 Å². The van der Waals surface area contributed by atoms with Gasteiger partial charge in [-0.1, -0.05) is 17.4 Å². The Hall–Kier alpha value is -2.59. The molecule has 0 spiro atoms. The molecule has 0 bridgehead atoms. The van der Waals surface area contributed by atoms with Crippen molar-refractivity contribution in [2.24, 2.45) is 5.10 Å². The van der Waals surface area contributed by atoms with Gasteiger partial charge in [-0.25, -0.2) is 5.43 Å². The zero-order valence-electron chi connectivity index (χ0n) is 11.0. The second-order valence-corrected chi connectivity index (χ2v) is 5.93. The second kappa shape index (κ2) is 7.43. The van der Waals surface area contributed by atoms with Crippen LogP contribution in [0.2, 0.25) is 0 Å². The van der Waals surface area contributed by atoms with Gasteiger partial charge in [0, 0.05) is 6.07 Å². The first-order valence-corrected chi connectivity index (χ1v) is 7.63. The molecule has 0 unspecified atom stereocenters. The summed E-state index contributed by atoms with van der Waals surface area (Å²) in [5, 5.41) is 18.4. The van der Waals surface area contributed by atoms with Gasteiger partial charge in [0.05, 0.1) is 27.4 Å². The molecular weight excluding hydrogens is 328 g/mol. The SMILES string of the molecule is O=C(CNC(=O)c1cccs1)N/N=C/c1ccc([N+](=O)[O-])s1. The van der Waals surface area contributed by atoms with E-state index in [1.807, 2.05) is 0 Å². The van der Waals surface area contributed by atoms with Gasteiger partial charge in [0.25, 0.3) is 11.8 Å². The normalized spacial score (nSPS) is 10.5. The number of hydrazone groups is 1. The summed E-state index contributed by atoms with van der Waals surface area (Å²) >= 11 is 2.22. The van der Waals surface area contributed by atoms with E-state index in [2.05, 4.69) is 15.8 Å². The number of hydrogen-bond donors (Lipinski definition) is 2. The summed E-state index contributed by atoms with van der Waals surface area (Å²) in [4.78, 5) is 34.1. The van der Waals surface area contributed by atoms with Crippen molar-refractivity contribution in [3.05, 3.63) is 49.5 Å². The third-order valence-corrected chi connectivity index (χ3v) is 4.17. The van der Waals surface area contributed by atoms with Crippen molar-refractivity contribution in [1.82, 2.24) is 10.7 Å². The maximum atomic E-state index is 11.6. The lowest BCUT2D eigenvalue weighted by atomic mass is 10.4. The highest BCUT2D eigenvalue weighted by molar-refractivity contribution is 7.16. The highest BCUT2D eigenvalue weighted by atomic mass is 32.1. The van der Waals surface area contributed by atoms with Crippen LogP contribution in [0.4, 0.5) is 5.00 Å². The van der Waals surface area contributed by atoms with Crippen molar-refractivity contribution >= 4 is 45.7 Å². The Morgan fingerprint density at radius 2 is 2.18 bits per heavy atom. The molecule has 0 saturated heterocycles. The van der Waals surface area contributed by atoms with Gasteiger partial charge in [0.15, 0.2) is 0 Å². The van der Waals surface area contributed by atoms with Crippen molar-refractivity contribution in [2.75, 3.05) is 6.54 Å². The van der Waals surface area contributed by atoms with E-state index in [9.17, 15) is 19.7 Å². The molecule has 2 rings (SSSR count). The van der Waals surface area contributed by atoms with Crippen molar-refractivity contribution in [3.8, 4) is 0 Å². The van der Waals surface area contributed by atoms with E-state index in [1.165, 1.54) is 29.7 Å². The molecule has 0 saturated carbocycles. The highest BCUT2D eigenvalue weighted by Gasteiger charge is 2.09. The maximum Gasteiger partial charge on any atom is 0.324 e. The van der Waals surface area contributed by atoms with Gasteiger partial charge in [0.2, 0.25) is 0 Å². The third-order valence-electron chi connectivity index (χ3n) is 2.33. The van der Waals surface area contributed by atoms with Gasteiger partial charge in [-0.2, -0.15) is 5.10 Å². The highest BCUT2D eigenvalue weighted by Crippen LogP contribution is 2.22. The van der Waals surface area contributed by atoms with Gasteiger partial charge in [-0.3, -0.25) is 19.7 Å². The quantitative estimate of drug-likeness (QED) is 0.473. The Morgan fingerprint density at radius 1 is 1.36 bits per heavy atom. The number of carbonyl (C=O) groups is 2. The number of nitro groups is 1. The number of thiophene rings is 2. The zero-order valence-corrected chi connectivity index (χ0v) is 12.6. The van der Waals surface area contributed by atoms with Crippen LogP contribution in [-0.2, 0) is 4.79 Å². The molecule has 0 radical (unpaired) electrons. The minimum atomic E-state index is -0.499. The van der Waals surface area contributed by atoms with Crippen LogP contribution in [0.1, 0.15) is 14.5 Å². The van der Waals surface area contributed by atoms with Crippen LogP contribution in [0.5, 0.6) is 0 Å². The van der Waals surface area contributed by atoms with Crippen molar-refractivity contribution in [3.63, 3.8) is 0 Å². The van der Waals surface area contributed by atoms with Crippen LogP contribution in [0, 0.1) is 10.1 Å². The minimum Gasteiger partial charge on any atom is -0.342 e. The summed E-state index contributed by atoms with van der Waals surface area (Å²) in [5.41, 5.74) is 2.23. The van der Waals surface area contributed by atoms with E-state index in [-0.39, 0.29) is 17.5 Å². The molecule has 114 valence electrons. The number of nitrogens with zero attached hydrogens (tertiary/aromatic N) is 2. The number of nitrogens with one attached hydrogen (secondary N) is 2. The zero-order chi connectivity index (χ0) is 15.9. The maximum absolute atomic E-state index is 11.6. The standard InChI is InChI=1S/C12H10N4O4S2/c17-10(7-13-12(18)9-2-1-5-21-9)15-14-6-8-3-4-11(22-8)16(19)20/h1-6H,7H2,(H,13,18)(H,15,17)/b14-6+. The Morgan fingerprint density at radius 3 is 2.82 bits per heavy atom. The van der Waals surface area contributed by atoms with Crippen LogP contribution in [0.25, 0.3) is 0 Å². The van der Waals surface area contributed by atoms with Gasteiger partial charge in [-0.05, 0) is 17.5 Å². The van der Waals surface area contributed by atoms with E-state index in [0.717, 1.165) is 11.3 Å². The molecule has 2 aromatic rings. The molecule has 0 aromatic carbocycles. The Balaban J connectivity index is 1.76. The summed E-state index contributed by atoms with van der Waals surface area (Å²) < 4.78 is 0. The van der Waals surface area contributed by atoms with Crippen molar-refractivity contribution in [2.45, 2.75) is 0 Å². The predicted octanol–water partition coefficient (Wildman–Crippen LogP) is 1.60. The van der Waals surface area contributed by atoms with E-state index >= 15 is 0 Å². The van der Waals surface area contributed by atoms with Crippen LogP contribution in [-0.4, -0.2) is 29.5 Å². The molecular formula is C12H10N4O4S2. The number of hydrogen-bond acceptors (Lipinski definition) is 7. The topological polar surface area (TPSA) is 114 Å². The number of rotatable bonds is 6. The van der Waals surface area contributed by atoms with E-state index < -0.39 is 10.8 Å². The molecule has 0 aliphatic heterocycles. The van der Waals surface area contributed by atoms with E-state index in [1.54, 1.807) is 17.5 Å². The average Bonchev–Trinajstić information content (AvgIpc) is 3.16. The lowest BCUT2D eigenvalue weighted by Gasteiger charge is -2.01. The first-order valence-electron chi connectivity index (χ1n) is 5.94. The van der Waals surface area contributed by atoms with Gasteiger partial charge in [-0.15, -0.1) is 11.3 Å². The van der Waals surface area contributed by atoms with Crippen LogP contribution in [0.15, 0.2) is 34.7 Å². The first kappa shape index (κ1) is 15.8. The fourth-order valence-electron chi connectivity index (χ4n) is 1.37. The summed E-state index contributed by atoms with van der Waals surface area (Å²) in [6.07, 6.45) is 1.30. The second-order valence-electron chi connectivity index (χ2n) is 3.89. The van der Waals surface area contributed by atoms with Gasteiger partial charge in [0.1, 0.15) is 0 Å². The molecule has 2 heterocycles. The number of carbonyl (C=O) groups excluding carboxylic acids is 2. The molecule has 22 heavy (non-hydrogen) atoms. The summed E-state index contributed by atoms with van der Waals surface area (Å²) in [7, 11) is 0. The fraction of sp³-hybridized carbons (Fsp3) is 0.0833. The lowest BCUT2D eigenvalue weighted by molar-refractivity contribution is -0.380. The minimum absolute atomic E-state index is 0.00372. The van der Waals surface area contributed by atoms with Crippen molar-refractivity contribution in [1.29, 1.82) is 0 Å². The number of amides is 2. The fourth-order valence-corrected chi connectivity index (χ4v) is 2.71. The predicted molar refractivity (Wildman–Crippen MR) is 83.4 cm³/mol. The molecule has 2 amide bonds. The Labute approximate surface area is 132 Å². The molecule has 0 fully saturated rings. The molecule has 2 aromatic heterocycles. The molecule has 0 aliphatic carbocycles. The van der Waals surface area contributed by atoms with E-state index in [4.69, 9.17) is 0 Å².